The van der Waals surface area contributed by atoms with Crippen LogP contribution in [0.25, 0.3) is 0 Å². The quantitative estimate of drug-likeness (QED) is 0.617. The summed E-state index contributed by atoms with van der Waals surface area (Å²) in [4.78, 5) is 33.9. The smallest absolute Gasteiger partial charge is 0.266 e. The summed E-state index contributed by atoms with van der Waals surface area (Å²) in [7, 11) is 0. The summed E-state index contributed by atoms with van der Waals surface area (Å²) in [5.74, 6) is -1.91. The number of fused-ring (bicyclic) bond motifs is 1. The van der Waals surface area contributed by atoms with E-state index in [1.807, 2.05) is 61.5 Å². The Morgan fingerprint density at radius 1 is 0.800 bits per heavy atom. The Labute approximate surface area is 173 Å². The second-order valence-electron chi connectivity index (χ2n) is 7.50. The molecule has 6 heteroatoms. The van der Waals surface area contributed by atoms with Crippen LogP contribution in [0.15, 0.2) is 78.9 Å². The van der Waals surface area contributed by atoms with Crippen molar-refractivity contribution in [3.8, 4) is 0 Å². The average molecular weight is 402 g/mol. The maximum Gasteiger partial charge on any atom is 0.266 e. The van der Waals surface area contributed by atoms with Crippen molar-refractivity contribution in [1.82, 2.24) is 0 Å². The molecule has 2 heterocycles. The van der Waals surface area contributed by atoms with Crippen molar-refractivity contribution in [2.24, 2.45) is 5.92 Å². The standard InChI is InChI=1S/C24H19FN2O3/c1-15-7-5-6-10-19(15)21-20-22(30-27(21)18-8-3-2-4-9-18)24(29)26(23(20)28)17-13-11-16(25)12-14-17/h2-14,20-22H,1H3/t20-,21+,22+/m0/s1. The summed E-state index contributed by atoms with van der Waals surface area (Å²) in [6.45, 7) is 1.98. The van der Waals surface area contributed by atoms with E-state index in [0.717, 1.165) is 21.7 Å². The Balaban J connectivity index is 1.60. The van der Waals surface area contributed by atoms with Crippen LogP contribution >= 0.6 is 0 Å². The number of hydrogen-bond donors (Lipinski definition) is 0. The predicted molar refractivity (Wildman–Crippen MR) is 110 cm³/mol. The Bertz CT molecular complexity index is 1120. The fraction of sp³-hybridized carbons (Fsp3) is 0.167. The number of aryl methyl sites for hydroxylation is 1. The number of carbonyl (C=O) groups excluding carboxylic acids is 2. The van der Waals surface area contributed by atoms with Gasteiger partial charge in [-0.1, -0.05) is 42.5 Å². The number of rotatable bonds is 3. The molecule has 3 aromatic rings. The number of anilines is 2. The predicted octanol–water partition coefficient (Wildman–Crippen LogP) is 4.19. The van der Waals surface area contributed by atoms with E-state index in [9.17, 15) is 14.0 Å². The van der Waals surface area contributed by atoms with Crippen molar-refractivity contribution < 1.29 is 18.8 Å². The molecule has 0 aromatic heterocycles. The summed E-state index contributed by atoms with van der Waals surface area (Å²) >= 11 is 0. The first-order chi connectivity index (χ1) is 14.6. The first kappa shape index (κ1) is 18.5. The monoisotopic (exact) mass is 402 g/mol. The Morgan fingerprint density at radius 3 is 2.17 bits per heavy atom. The zero-order valence-electron chi connectivity index (χ0n) is 16.2. The van der Waals surface area contributed by atoms with Crippen LogP contribution in [-0.4, -0.2) is 17.9 Å². The van der Waals surface area contributed by atoms with Gasteiger partial charge in [-0.15, -0.1) is 0 Å². The molecule has 2 saturated heterocycles. The summed E-state index contributed by atoms with van der Waals surface area (Å²) < 4.78 is 13.3. The molecule has 0 unspecified atom stereocenters. The molecule has 30 heavy (non-hydrogen) atoms. The lowest BCUT2D eigenvalue weighted by molar-refractivity contribution is -0.126. The third kappa shape index (κ3) is 2.80. The molecular formula is C24H19FN2O3. The SMILES string of the molecule is Cc1ccccc1[C@@H]1[C@@H]2C(=O)N(c3ccc(F)cc3)C(=O)[C@@H]2ON1c1ccccc1. The van der Waals surface area contributed by atoms with Gasteiger partial charge in [0.2, 0.25) is 5.91 Å². The second kappa shape index (κ2) is 7.07. The van der Waals surface area contributed by atoms with Gasteiger partial charge in [-0.25, -0.2) is 14.4 Å². The number of carbonyl (C=O) groups is 2. The molecule has 0 spiro atoms. The van der Waals surface area contributed by atoms with E-state index in [2.05, 4.69) is 0 Å². The van der Waals surface area contributed by atoms with E-state index in [1.54, 1.807) is 5.06 Å². The van der Waals surface area contributed by atoms with E-state index in [1.165, 1.54) is 24.3 Å². The Hall–Kier alpha value is -3.51. The van der Waals surface area contributed by atoms with Gasteiger partial charge in [0.1, 0.15) is 11.7 Å². The number of hydrogen-bond acceptors (Lipinski definition) is 4. The highest BCUT2D eigenvalue weighted by molar-refractivity contribution is 6.23. The molecule has 0 saturated carbocycles. The van der Waals surface area contributed by atoms with Gasteiger partial charge in [0.25, 0.3) is 5.91 Å². The van der Waals surface area contributed by atoms with Gasteiger partial charge in [0.05, 0.1) is 17.4 Å². The topological polar surface area (TPSA) is 49.9 Å². The highest BCUT2D eigenvalue weighted by Gasteiger charge is 2.60. The number of halogens is 1. The molecule has 5 nitrogen and oxygen atoms in total. The molecule has 2 aliphatic heterocycles. The summed E-state index contributed by atoms with van der Waals surface area (Å²) in [5.41, 5.74) is 3.05. The minimum absolute atomic E-state index is 0.344. The van der Waals surface area contributed by atoms with Gasteiger partial charge in [0, 0.05) is 0 Å². The van der Waals surface area contributed by atoms with Gasteiger partial charge < -0.3 is 0 Å². The molecular weight excluding hydrogens is 383 g/mol. The fourth-order valence-corrected chi connectivity index (χ4v) is 4.29. The third-order valence-corrected chi connectivity index (χ3v) is 5.72. The van der Waals surface area contributed by atoms with Crippen molar-refractivity contribution in [1.29, 1.82) is 0 Å². The first-order valence-corrected chi connectivity index (χ1v) is 9.76. The number of para-hydroxylation sites is 1. The maximum atomic E-state index is 13.5. The number of nitrogens with zero attached hydrogens (tertiary/aromatic N) is 2. The molecule has 0 bridgehead atoms. The van der Waals surface area contributed by atoms with Crippen LogP contribution in [0.4, 0.5) is 15.8 Å². The minimum Gasteiger partial charge on any atom is -0.273 e. The van der Waals surface area contributed by atoms with E-state index < -0.39 is 29.8 Å². The molecule has 3 aromatic carbocycles. The summed E-state index contributed by atoms with van der Waals surface area (Å²) in [6, 6.07) is 22.1. The zero-order valence-corrected chi connectivity index (χ0v) is 16.2. The van der Waals surface area contributed by atoms with Gasteiger partial charge in [0.15, 0.2) is 6.10 Å². The van der Waals surface area contributed by atoms with Gasteiger partial charge >= 0.3 is 0 Å². The number of hydroxylamine groups is 1. The highest BCUT2D eigenvalue weighted by Crippen LogP contribution is 2.48. The largest absolute Gasteiger partial charge is 0.273 e. The Kier molecular flexibility index (Phi) is 4.37. The summed E-state index contributed by atoms with van der Waals surface area (Å²) in [5, 5.41) is 1.68. The molecule has 3 atom stereocenters. The van der Waals surface area contributed by atoms with Crippen LogP contribution < -0.4 is 9.96 Å². The lowest BCUT2D eigenvalue weighted by atomic mass is 9.88. The van der Waals surface area contributed by atoms with Gasteiger partial charge in [-0.2, -0.15) is 0 Å². The van der Waals surface area contributed by atoms with Crippen molar-refractivity contribution in [3.63, 3.8) is 0 Å². The van der Waals surface area contributed by atoms with E-state index in [4.69, 9.17) is 4.84 Å². The molecule has 2 aliphatic rings. The van der Waals surface area contributed by atoms with Crippen molar-refractivity contribution in [2.45, 2.75) is 19.1 Å². The van der Waals surface area contributed by atoms with Crippen LogP contribution in [0.5, 0.6) is 0 Å². The molecule has 0 aliphatic carbocycles. The molecule has 0 N–H and O–H groups in total. The second-order valence-corrected chi connectivity index (χ2v) is 7.50. The van der Waals surface area contributed by atoms with Gasteiger partial charge in [-0.3, -0.25) is 14.4 Å². The normalized spacial score (nSPS) is 23.2. The summed E-state index contributed by atoms with van der Waals surface area (Å²) in [6.07, 6.45) is -0.938. The van der Waals surface area contributed by atoms with Crippen LogP contribution in [0.2, 0.25) is 0 Å². The molecule has 150 valence electrons. The van der Waals surface area contributed by atoms with E-state index in [0.29, 0.717) is 5.69 Å². The van der Waals surface area contributed by atoms with Crippen LogP contribution in [0.1, 0.15) is 17.2 Å². The van der Waals surface area contributed by atoms with Crippen molar-refractivity contribution >= 4 is 23.2 Å². The van der Waals surface area contributed by atoms with Crippen LogP contribution in [0.3, 0.4) is 0 Å². The van der Waals surface area contributed by atoms with Crippen LogP contribution in [0, 0.1) is 18.7 Å². The Morgan fingerprint density at radius 2 is 1.47 bits per heavy atom. The van der Waals surface area contributed by atoms with Crippen molar-refractivity contribution in [2.75, 3.05) is 9.96 Å². The lowest BCUT2D eigenvalue weighted by Crippen LogP contribution is -2.37. The number of imide groups is 1. The van der Waals surface area contributed by atoms with E-state index in [-0.39, 0.29) is 5.91 Å². The number of benzene rings is 3. The van der Waals surface area contributed by atoms with E-state index >= 15 is 0 Å². The molecule has 2 amide bonds. The third-order valence-electron chi connectivity index (χ3n) is 5.72. The molecule has 2 fully saturated rings. The van der Waals surface area contributed by atoms with Gasteiger partial charge in [-0.05, 0) is 54.4 Å². The number of amides is 2. The minimum atomic E-state index is -0.938. The molecule has 0 radical (unpaired) electrons. The first-order valence-electron chi connectivity index (χ1n) is 9.76. The highest BCUT2D eigenvalue weighted by atomic mass is 19.1. The fourth-order valence-electron chi connectivity index (χ4n) is 4.29. The lowest BCUT2D eigenvalue weighted by Gasteiger charge is -2.29. The van der Waals surface area contributed by atoms with Crippen molar-refractivity contribution in [3.05, 3.63) is 95.8 Å². The van der Waals surface area contributed by atoms with Crippen LogP contribution in [-0.2, 0) is 14.4 Å². The zero-order chi connectivity index (χ0) is 20.8. The average Bonchev–Trinajstić information content (AvgIpc) is 3.26. The molecule has 5 rings (SSSR count). The maximum absolute atomic E-state index is 13.5.